The first-order chi connectivity index (χ1) is 18.0. The molecule has 0 saturated carbocycles. The Labute approximate surface area is 219 Å². The number of Topliss-reactive ketones (excluding diaryl/α,β-unsaturated/α-hetero) is 1. The van der Waals surface area contributed by atoms with Crippen molar-refractivity contribution in [3.8, 4) is 0 Å². The molecule has 13 nitrogen and oxygen atoms in total. The summed E-state index contributed by atoms with van der Waals surface area (Å²) in [6, 6.07) is 10.9. The van der Waals surface area contributed by atoms with Crippen molar-refractivity contribution in [3.63, 3.8) is 0 Å². The largest absolute Gasteiger partial charge is 0.326 e. The SMILES string of the molecule is C=CC(CC/C=C/CC(=O)Cc1cccc(S(=O)(=O)N=[N+]=[N-])c1)C(=O)Nc1cccc(S(=O)(=O)N=[N+]=[N-])c1. The summed E-state index contributed by atoms with van der Waals surface area (Å²) in [4.78, 5) is 29.0. The lowest BCUT2D eigenvalue weighted by molar-refractivity contribution is -0.119. The number of nitrogens with zero attached hydrogens (tertiary/aromatic N) is 6. The van der Waals surface area contributed by atoms with E-state index in [0.717, 1.165) is 0 Å². The maximum Gasteiger partial charge on any atom is 0.264 e. The van der Waals surface area contributed by atoms with E-state index in [1.807, 2.05) is 0 Å². The second-order valence-electron chi connectivity index (χ2n) is 7.77. The molecule has 198 valence electrons. The number of hydrogen-bond acceptors (Lipinski definition) is 6. The maximum atomic E-state index is 12.6. The molecular weight excluding hydrogens is 534 g/mol. The van der Waals surface area contributed by atoms with Crippen LogP contribution in [0.3, 0.4) is 0 Å². The van der Waals surface area contributed by atoms with Crippen LogP contribution in [-0.2, 0) is 36.1 Å². The molecule has 0 aromatic heterocycles. The topological polar surface area (TPSA) is 212 Å². The zero-order valence-electron chi connectivity index (χ0n) is 19.9. The Morgan fingerprint density at radius 1 is 0.947 bits per heavy atom. The Morgan fingerprint density at radius 2 is 1.55 bits per heavy atom. The Kier molecular flexibility index (Phi) is 10.8. The van der Waals surface area contributed by atoms with Crippen molar-refractivity contribution < 1.29 is 26.4 Å². The predicted octanol–water partition coefficient (Wildman–Crippen LogP) is 4.96. The van der Waals surface area contributed by atoms with Gasteiger partial charge in [0.25, 0.3) is 20.0 Å². The van der Waals surface area contributed by atoms with Gasteiger partial charge >= 0.3 is 0 Å². The van der Waals surface area contributed by atoms with Crippen LogP contribution in [0, 0.1) is 5.92 Å². The van der Waals surface area contributed by atoms with Gasteiger partial charge in [0.15, 0.2) is 0 Å². The van der Waals surface area contributed by atoms with Crippen LogP contribution in [0.15, 0.2) is 92.2 Å². The van der Waals surface area contributed by atoms with Crippen molar-refractivity contribution in [3.05, 3.63) is 99.8 Å². The highest BCUT2D eigenvalue weighted by Crippen LogP contribution is 2.20. The molecule has 2 rings (SSSR count). The van der Waals surface area contributed by atoms with Gasteiger partial charge in [0.05, 0.1) is 15.7 Å². The van der Waals surface area contributed by atoms with Gasteiger partial charge in [-0.15, -0.1) is 6.58 Å². The lowest BCUT2D eigenvalue weighted by Gasteiger charge is -2.12. The molecule has 0 aliphatic heterocycles. The highest BCUT2D eigenvalue weighted by molar-refractivity contribution is 7.90. The molecule has 0 saturated heterocycles. The van der Waals surface area contributed by atoms with Crippen molar-refractivity contribution in [2.45, 2.75) is 35.5 Å². The first-order valence-electron chi connectivity index (χ1n) is 10.9. The summed E-state index contributed by atoms with van der Waals surface area (Å²) in [5.41, 5.74) is 17.4. The molecule has 0 radical (unpaired) electrons. The fourth-order valence-electron chi connectivity index (χ4n) is 3.24. The molecule has 1 amide bonds. The molecule has 1 N–H and O–H groups in total. The molecule has 0 spiro atoms. The number of carbonyl (C=O) groups excluding carboxylic acids is 2. The number of nitrogens with one attached hydrogen (secondary N) is 1. The average Bonchev–Trinajstić information content (AvgIpc) is 2.86. The lowest BCUT2D eigenvalue weighted by Crippen LogP contribution is -2.21. The van der Waals surface area contributed by atoms with Crippen molar-refractivity contribution in [2.75, 3.05) is 5.32 Å². The number of carbonyl (C=O) groups is 2. The standard InChI is InChI=1S/C23H23N7O6S2/c1-2-18(23(32)26-19-10-7-13-22(16-19)38(35,36)30-28-25)9-4-3-5-11-20(31)14-17-8-6-12-21(15-17)37(33,34)29-27-24/h2-3,5-8,10,12-13,15-16,18H,1,4,9,11,14H2,(H,26,32)/b5-3+. The summed E-state index contributed by atoms with van der Waals surface area (Å²) in [7, 11) is -8.34. The zero-order chi connectivity index (χ0) is 28.2. The van der Waals surface area contributed by atoms with Gasteiger partial charge in [-0.25, -0.2) is 16.8 Å². The quantitative estimate of drug-likeness (QED) is 0.146. The normalized spacial score (nSPS) is 12.1. The number of amides is 1. The van der Waals surface area contributed by atoms with Crippen LogP contribution in [0.1, 0.15) is 24.8 Å². The number of rotatable bonds is 14. The first kappa shape index (κ1) is 29.8. The van der Waals surface area contributed by atoms with Gasteiger partial charge in [0.2, 0.25) is 5.91 Å². The smallest absolute Gasteiger partial charge is 0.264 e. The van der Waals surface area contributed by atoms with Crippen molar-refractivity contribution in [2.24, 2.45) is 15.0 Å². The molecule has 15 heteroatoms. The molecule has 1 unspecified atom stereocenters. The Bertz CT molecular complexity index is 1560. The van der Waals surface area contributed by atoms with Crippen LogP contribution < -0.4 is 5.32 Å². The highest BCUT2D eigenvalue weighted by atomic mass is 32.2. The Hall–Kier alpha value is -4.42. The fraction of sp³-hybridized carbons (Fsp3) is 0.217. The van der Waals surface area contributed by atoms with Gasteiger partial charge in [-0.2, -0.15) is 0 Å². The molecule has 0 bridgehead atoms. The number of allylic oxidation sites excluding steroid dienone is 2. The van der Waals surface area contributed by atoms with Crippen molar-refractivity contribution >= 4 is 37.4 Å². The predicted molar refractivity (Wildman–Crippen MR) is 140 cm³/mol. The van der Waals surface area contributed by atoms with Gasteiger partial charge in [-0.3, -0.25) is 9.59 Å². The summed E-state index contributed by atoms with van der Waals surface area (Å²) >= 11 is 0. The summed E-state index contributed by atoms with van der Waals surface area (Å²) in [6.45, 7) is 3.66. The number of benzene rings is 2. The van der Waals surface area contributed by atoms with E-state index < -0.39 is 31.9 Å². The molecular formula is C23H23N7O6S2. The summed E-state index contributed by atoms with van der Waals surface area (Å²) in [5, 5.41) is 2.60. The third-order valence-corrected chi connectivity index (χ3v) is 7.34. The second kappa shape index (κ2) is 13.8. The lowest BCUT2D eigenvalue weighted by atomic mass is 10.0. The molecule has 2 aromatic carbocycles. The molecule has 0 heterocycles. The van der Waals surface area contributed by atoms with Gasteiger partial charge < -0.3 is 5.32 Å². The van der Waals surface area contributed by atoms with E-state index in [9.17, 15) is 26.4 Å². The van der Waals surface area contributed by atoms with Gasteiger partial charge in [-0.1, -0.05) is 36.4 Å². The van der Waals surface area contributed by atoms with Crippen molar-refractivity contribution in [1.82, 2.24) is 0 Å². The van der Waals surface area contributed by atoms with E-state index >= 15 is 0 Å². The van der Waals surface area contributed by atoms with Crippen LogP contribution in [0.5, 0.6) is 0 Å². The van der Waals surface area contributed by atoms with Crippen LogP contribution >= 0.6 is 0 Å². The maximum absolute atomic E-state index is 12.6. The summed E-state index contributed by atoms with van der Waals surface area (Å²) in [6.07, 6.45) is 5.72. The third-order valence-electron chi connectivity index (χ3n) is 5.06. The van der Waals surface area contributed by atoms with E-state index in [4.69, 9.17) is 11.1 Å². The van der Waals surface area contributed by atoms with E-state index in [1.165, 1.54) is 48.5 Å². The molecule has 0 fully saturated rings. The minimum atomic E-state index is -4.20. The van der Waals surface area contributed by atoms with Gasteiger partial charge in [0.1, 0.15) is 5.78 Å². The number of sulfonamides is 2. The minimum absolute atomic E-state index is 0.0177. The molecule has 38 heavy (non-hydrogen) atoms. The second-order valence-corrected chi connectivity index (χ2v) is 10.9. The highest BCUT2D eigenvalue weighted by Gasteiger charge is 2.17. The Balaban J connectivity index is 1.89. The van der Waals surface area contributed by atoms with Crippen LogP contribution in [0.2, 0.25) is 0 Å². The van der Waals surface area contributed by atoms with Crippen LogP contribution in [-0.4, -0.2) is 28.5 Å². The van der Waals surface area contributed by atoms with E-state index in [0.29, 0.717) is 18.4 Å². The van der Waals surface area contributed by atoms with Crippen LogP contribution in [0.25, 0.3) is 20.9 Å². The Morgan fingerprint density at radius 3 is 2.16 bits per heavy atom. The van der Waals surface area contributed by atoms with Gasteiger partial charge in [-0.05, 0) is 59.8 Å². The zero-order valence-corrected chi connectivity index (χ0v) is 21.5. The molecule has 2 aromatic rings. The van der Waals surface area contributed by atoms with E-state index in [1.54, 1.807) is 18.2 Å². The van der Waals surface area contributed by atoms with Gasteiger partial charge in [0, 0.05) is 37.4 Å². The van der Waals surface area contributed by atoms with E-state index in [2.05, 4.69) is 30.8 Å². The van der Waals surface area contributed by atoms with Crippen molar-refractivity contribution in [1.29, 1.82) is 0 Å². The number of hydrogen-bond donors (Lipinski definition) is 1. The van der Waals surface area contributed by atoms with Crippen LogP contribution in [0.4, 0.5) is 5.69 Å². The fourth-order valence-corrected chi connectivity index (χ4v) is 4.70. The minimum Gasteiger partial charge on any atom is -0.326 e. The molecule has 1 atom stereocenters. The summed E-state index contributed by atoms with van der Waals surface area (Å²) < 4.78 is 52.9. The average molecular weight is 558 g/mol. The monoisotopic (exact) mass is 557 g/mol. The first-order valence-corrected chi connectivity index (χ1v) is 13.8. The number of azide groups is 2. The summed E-state index contributed by atoms with van der Waals surface area (Å²) in [5.74, 6) is -1.19. The third kappa shape index (κ3) is 8.91. The number of ketones is 1. The molecule has 0 aliphatic rings. The van der Waals surface area contributed by atoms with E-state index in [-0.39, 0.29) is 34.1 Å². The molecule has 0 aliphatic carbocycles. The number of anilines is 1.